The summed E-state index contributed by atoms with van der Waals surface area (Å²) in [6.45, 7) is 4.45. The molecule has 0 aliphatic rings. The van der Waals surface area contributed by atoms with Crippen LogP contribution in [0.1, 0.15) is 19.4 Å². The maximum atomic E-state index is 11.4. The molecule has 6 nitrogen and oxygen atoms in total. The van der Waals surface area contributed by atoms with Crippen LogP contribution >= 0.6 is 0 Å². The van der Waals surface area contributed by atoms with Crippen LogP contribution in [0.3, 0.4) is 0 Å². The summed E-state index contributed by atoms with van der Waals surface area (Å²) in [6.07, 6.45) is 0. The number of benzene rings is 2. The summed E-state index contributed by atoms with van der Waals surface area (Å²) in [5.74, 6) is -0.204. The van der Waals surface area contributed by atoms with Crippen molar-refractivity contribution in [1.29, 1.82) is 0 Å². The second-order valence-corrected chi connectivity index (χ2v) is 6.36. The van der Waals surface area contributed by atoms with Crippen molar-refractivity contribution in [2.45, 2.75) is 26.4 Å². The van der Waals surface area contributed by atoms with Gasteiger partial charge in [-0.2, -0.15) is 0 Å². The van der Waals surface area contributed by atoms with Crippen LogP contribution in [0.4, 0.5) is 0 Å². The van der Waals surface area contributed by atoms with Crippen molar-refractivity contribution in [1.82, 2.24) is 10.2 Å². The Labute approximate surface area is 159 Å². The number of hydrogen-bond donors (Lipinski definition) is 2. The van der Waals surface area contributed by atoms with Crippen LogP contribution in [0.25, 0.3) is 11.1 Å². The van der Waals surface area contributed by atoms with Crippen molar-refractivity contribution in [3.8, 4) is 16.9 Å². The number of carbonyl (C=O) groups excluding carboxylic acids is 1. The zero-order valence-electron chi connectivity index (χ0n) is 15.9. The van der Waals surface area contributed by atoms with E-state index in [-0.39, 0.29) is 5.91 Å². The molecule has 1 atom stereocenters. The molecule has 2 aromatic rings. The molecule has 0 saturated heterocycles. The molecule has 0 saturated carbocycles. The Hall–Kier alpha value is -2.86. The number of aliphatic carboxylic acids is 1. The van der Waals surface area contributed by atoms with Gasteiger partial charge in [0.1, 0.15) is 11.8 Å². The lowest BCUT2D eigenvalue weighted by Crippen LogP contribution is -2.42. The number of rotatable bonds is 9. The highest BCUT2D eigenvalue weighted by Gasteiger charge is 2.20. The highest BCUT2D eigenvalue weighted by Crippen LogP contribution is 2.29. The lowest BCUT2D eigenvalue weighted by atomic mass is 10.0. The Balaban J connectivity index is 2.13. The van der Waals surface area contributed by atoms with E-state index >= 15 is 0 Å². The van der Waals surface area contributed by atoms with Crippen LogP contribution in [0.15, 0.2) is 48.5 Å². The second-order valence-electron chi connectivity index (χ2n) is 6.36. The number of nitrogens with zero attached hydrogens (tertiary/aromatic N) is 1. The van der Waals surface area contributed by atoms with Crippen LogP contribution < -0.4 is 10.1 Å². The molecule has 0 aliphatic heterocycles. The van der Waals surface area contributed by atoms with Gasteiger partial charge in [0.15, 0.2) is 0 Å². The van der Waals surface area contributed by atoms with Gasteiger partial charge >= 0.3 is 5.97 Å². The number of carboxylic acids is 1. The molecule has 0 spiro atoms. The lowest BCUT2D eigenvalue weighted by Gasteiger charge is -2.26. The molecule has 0 fully saturated rings. The molecular weight excluding hydrogens is 344 g/mol. The molecule has 0 radical (unpaired) electrons. The van der Waals surface area contributed by atoms with Gasteiger partial charge in [-0.05, 0) is 24.1 Å². The van der Waals surface area contributed by atoms with Crippen molar-refractivity contribution in [3.05, 3.63) is 54.1 Å². The molecule has 0 bridgehead atoms. The number of hydrogen-bond acceptors (Lipinski definition) is 4. The molecule has 0 aromatic heterocycles. The minimum atomic E-state index is -0.886. The number of amides is 1. The van der Waals surface area contributed by atoms with Crippen LogP contribution in [-0.2, 0) is 16.1 Å². The second kappa shape index (κ2) is 9.73. The van der Waals surface area contributed by atoms with Crippen LogP contribution in [0.5, 0.6) is 5.75 Å². The third-order valence-corrected chi connectivity index (χ3v) is 4.44. The highest BCUT2D eigenvalue weighted by atomic mass is 16.5. The summed E-state index contributed by atoms with van der Waals surface area (Å²) >= 11 is 0. The van der Waals surface area contributed by atoms with E-state index in [1.807, 2.05) is 53.4 Å². The molecule has 144 valence electrons. The van der Waals surface area contributed by atoms with Crippen LogP contribution in [0.2, 0.25) is 0 Å². The zero-order chi connectivity index (χ0) is 19.8. The third kappa shape index (κ3) is 5.82. The number of carbonyl (C=O) groups is 2. The first-order valence-corrected chi connectivity index (χ1v) is 8.86. The first-order valence-electron chi connectivity index (χ1n) is 8.86. The third-order valence-electron chi connectivity index (χ3n) is 4.44. The fourth-order valence-electron chi connectivity index (χ4n) is 2.85. The Bertz CT molecular complexity index is 774. The van der Waals surface area contributed by atoms with Gasteiger partial charge in [-0.25, -0.2) is 0 Å². The molecule has 6 heteroatoms. The molecule has 2 N–H and O–H groups in total. The molecule has 1 amide bonds. The van der Waals surface area contributed by atoms with Crippen molar-refractivity contribution in [2.75, 3.05) is 20.2 Å². The summed E-state index contributed by atoms with van der Waals surface area (Å²) in [5.41, 5.74) is 3.05. The standard InChI is InChI=1S/C21H26N2O4/c1-15(21(25)26)23(13-12-22-16(2)24)14-17-8-10-18(11-9-17)19-6-4-5-7-20(19)27-3/h4-11,15H,12-14H2,1-3H3,(H,22,24)(H,25,26). The predicted molar refractivity (Wildman–Crippen MR) is 105 cm³/mol. The normalized spacial score (nSPS) is 11.9. The molecule has 2 rings (SSSR count). The summed E-state index contributed by atoms with van der Waals surface area (Å²) in [7, 11) is 1.65. The molecule has 27 heavy (non-hydrogen) atoms. The van der Waals surface area contributed by atoms with Crippen LogP contribution in [-0.4, -0.2) is 48.1 Å². The van der Waals surface area contributed by atoms with E-state index in [4.69, 9.17) is 4.74 Å². The number of carboxylic acid groups (broad SMARTS) is 1. The SMILES string of the molecule is COc1ccccc1-c1ccc(CN(CCNC(C)=O)C(C)C(=O)O)cc1. The molecule has 0 aliphatic carbocycles. The molecule has 2 aromatic carbocycles. The van der Waals surface area contributed by atoms with Gasteiger partial charge in [0.25, 0.3) is 0 Å². The van der Waals surface area contributed by atoms with E-state index < -0.39 is 12.0 Å². The monoisotopic (exact) mass is 370 g/mol. The Morgan fingerprint density at radius 3 is 2.41 bits per heavy atom. The van der Waals surface area contributed by atoms with E-state index in [9.17, 15) is 14.7 Å². The maximum Gasteiger partial charge on any atom is 0.320 e. The quantitative estimate of drug-likeness (QED) is 0.710. The summed E-state index contributed by atoms with van der Waals surface area (Å²) in [6, 6.07) is 15.1. The Kier molecular flexibility index (Phi) is 7.37. The lowest BCUT2D eigenvalue weighted by molar-refractivity contribution is -0.142. The van der Waals surface area contributed by atoms with Gasteiger partial charge in [0.2, 0.25) is 5.91 Å². The smallest absolute Gasteiger partial charge is 0.320 e. The van der Waals surface area contributed by atoms with Crippen molar-refractivity contribution in [2.24, 2.45) is 0 Å². The molecule has 1 unspecified atom stereocenters. The van der Waals surface area contributed by atoms with E-state index in [1.165, 1.54) is 6.92 Å². The predicted octanol–water partition coefficient (Wildman–Crippen LogP) is 2.77. The van der Waals surface area contributed by atoms with E-state index in [2.05, 4.69) is 5.32 Å². The van der Waals surface area contributed by atoms with Gasteiger partial charge in [-0.3, -0.25) is 14.5 Å². The fourth-order valence-corrected chi connectivity index (χ4v) is 2.85. The Morgan fingerprint density at radius 2 is 1.81 bits per heavy atom. The van der Waals surface area contributed by atoms with Gasteiger partial charge in [-0.15, -0.1) is 0 Å². The van der Waals surface area contributed by atoms with Gasteiger partial charge in [0, 0.05) is 32.1 Å². The van der Waals surface area contributed by atoms with E-state index in [1.54, 1.807) is 14.0 Å². The van der Waals surface area contributed by atoms with Gasteiger partial charge in [-0.1, -0.05) is 42.5 Å². The summed E-state index contributed by atoms with van der Waals surface area (Å²) in [5, 5.41) is 12.1. The largest absolute Gasteiger partial charge is 0.496 e. The van der Waals surface area contributed by atoms with Gasteiger partial charge < -0.3 is 15.2 Å². The average molecular weight is 370 g/mol. The topological polar surface area (TPSA) is 78.9 Å². The summed E-state index contributed by atoms with van der Waals surface area (Å²) < 4.78 is 5.41. The molecular formula is C21H26N2O4. The first kappa shape index (κ1) is 20.5. The van der Waals surface area contributed by atoms with Crippen molar-refractivity contribution >= 4 is 11.9 Å². The molecule has 0 heterocycles. The van der Waals surface area contributed by atoms with Crippen molar-refractivity contribution < 1.29 is 19.4 Å². The Morgan fingerprint density at radius 1 is 1.15 bits per heavy atom. The fraction of sp³-hybridized carbons (Fsp3) is 0.333. The number of ether oxygens (including phenoxy) is 1. The number of nitrogens with one attached hydrogen (secondary N) is 1. The highest BCUT2D eigenvalue weighted by molar-refractivity contribution is 5.73. The van der Waals surface area contributed by atoms with E-state index in [0.29, 0.717) is 19.6 Å². The van der Waals surface area contributed by atoms with E-state index in [0.717, 1.165) is 22.4 Å². The summed E-state index contributed by atoms with van der Waals surface area (Å²) in [4.78, 5) is 24.3. The minimum absolute atomic E-state index is 0.126. The van der Waals surface area contributed by atoms with Gasteiger partial charge in [0.05, 0.1) is 7.11 Å². The average Bonchev–Trinajstić information content (AvgIpc) is 2.66. The zero-order valence-corrected chi connectivity index (χ0v) is 15.9. The number of methoxy groups -OCH3 is 1. The maximum absolute atomic E-state index is 11.4. The van der Waals surface area contributed by atoms with Crippen LogP contribution in [0, 0.1) is 0 Å². The number of para-hydroxylation sites is 1. The van der Waals surface area contributed by atoms with Crippen molar-refractivity contribution in [3.63, 3.8) is 0 Å². The minimum Gasteiger partial charge on any atom is -0.496 e. The first-order chi connectivity index (χ1) is 12.9.